The normalized spacial score (nSPS) is 32.7. The molecule has 0 spiro atoms. The van der Waals surface area contributed by atoms with E-state index >= 15 is 0 Å². The summed E-state index contributed by atoms with van der Waals surface area (Å²) in [5.74, 6) is -2.16. The first-order valence-electron chi connectivity index (χ1n) is 6.87. The van der Waals surface area contributed by atoms with E-state index in [-0.39, 0.29) is 16.9 Å². The second kappa shape index (κ2) is 5.53. The predicted molar refractivity (Wildman–Crippen MR) is 72.2 cm³/mol. The van der Waals surface area contributed by atoms with Crippen molar-refractivity contribution < 1.29 is 44.5 Å². The molecule has 5 N–H and O–H groups in total. The van der Waals surface area contributed by atoms with Crippen molar-refractivity contribution >= 4 is 5.97 Å². The molecule has 9 nitrogen and oxygen atoms in total. The lowest BCUT2D eigenvalue weighted by Crippen LogP contribution is -2.58. The van der Waals surface area contributed by atoms with Crippen LogP contribution in [-0.4, -0.2) is 69.6 Å². The third-order valence-electron chi connectivity index (χ3n) is 4.09. The van der Waals surface area contributed by atoms with E-state index in [9.17, 15) is 30.3 Å². The molecule has 3 rings (SSSR count). The molecule has 2 heterocycles. The molecule has 0 bridgehead atoms. The average Bonchev–Trinajstić information content (AvgIpc) is 2.52. The van der Waals surface area contributed by atoms with Crippen molar-refractivity contribution in [3.8, 4) is 17.2 Å². The molecule has 2 aliphatic rings. The number of rotatable bonds is 2. The van der Waals surface area contributed by atoms with E-state index in [1.807, 2.05) is 0 Å². The molecule has 126 valence electrons. The Labute approximate surface area is 130 Å². The van der Waals surface area contributed by atoms with Gasteiger partial charge in [0.05, 0.1) is 19.3 Å². The van der Waals surface area contributed by atoms with E-state index in [0.717, 1.165) is 6.07 Å². The number of hydrogen-bond acceptors (Lipinski definition) is 9. The number of fused-ring (bicyclic) bond motifs is 3. The van der Waals surface area contributed by atoms with Crippen LogP contribution in [0.15, 0.2) is 6.07 Å². The molecule has 0 aromatic heterocycles. The maximum atomic E-state index is 12.1. The van der Waals surface area contributed by atoms with Crippen molar-refractivity contribution in [1.29, 1.82) is 0 Å². The first kappa shape index (κ1) is 15.8. The largest absolute Gasteiger partial charge is 0.504 e. The average molecular weight is 328 g/mol. The summed E-state index contributed by atoms with van der Waals surface area (Å²) in [6, 6.07) is 1.06. The van der Waals surface area contributed by atoms with Crippen molar-refractivity contribution in [3.63, 3.8) is 0 Å². The van der Waals surface area contributed by atoms with Crippen LogP contribution in [0, 0.1) is 0 Å². The minimum absolute atomic E-state index is 0.0368. The molecular weight excluding hydrogens is 312 g/mol. The van der Waals surface area contributed by atoms with Crippen molar-refractivity contribution in [2.75, 3.05) is 13.7 Å². The lowest BCUT2D eigenvalue weighted by molar-refractivity contribution is -0.235. The Bertz CT molecular complexity index is 644. The van der Waals surface area contributed by atoms with E-state index in [4.69, 9.17) is 14.2 Å². The summed E-state index contributed by atoms with van der Waals surface area (Å²) in [5.41, 5.74) is -0.187. The Morgan fingerprint density at radius 2 is 1.96 bits per heavy atom. The molecule has 1 aromatic carbocycles. The molecule has 1 aromatic rings. The van der Waals surface area contributed by atoms with Crippen LogP contribution in [0.25, 0.3) is 0 Å². The number of phenols is 2. The van der Waals surface area contributed by atoms with Crippen LogP contribution in [0.5, 0.6) is 17.2 Å². The Hall–Kier alpha value is -2.07. The van der Waals surface area contributed by atoms with Gasteiger partial charge in [0.25, 0.3) is 0 Å². The number of methoxy groups -OCH3 is 1. The number of esters is 1. The van der Waals surface area contributed by atoms with Crippen molar-refractivity contribution in [3.05, 3.63) is 17.2 Å². The molecule has 0 saturated carbocycles. The Kier molecular flexibility index (Phi) is 3.80. The highest BCUT2D eigenvalue weighted by Crippen LogP contribution is 2.49. The highest BCUT2D eigenvalue weighted by Gasteiger charge is 2.52. The van der Waals surface area contributed by atoms with E-state index in [1.54, 1.807) is 0 Å². The van der Waals surface area contributed by atoms with Gasteiger partial charge in [0.2, 0.25) is 5.75 Å². The zero-order chi connectivity index (χ0) is 16.9. The predicted octanol–water partition coefficient (Wildman–Crippen LogP) is -1.20. The summed E-state index contributed by atoms with van der Waals surface area (Å²) in [6.07, 6.45) is -6.50. The van der Waals surface area contributed by atoms with Gasteiger partial charge in [-0.05, 0) is 6.07 Å². The minimum atomic E-state index is -1.51. The van der Waals surface area contributed by atoms with Crippen molar-refractivity contribution in [2.24, 2.45) is 0 Å². The smallest absolute Gasteiger partial charge is 0.339 e. The molecular formula is C14H16O9. The van der Waals surface area contributed by atoms with E-state index in [1.165, 1.54) is 7.11 Å². The SMILES string of the molecule is COc1c(O)cc2c(c1O)[C@@H]1O[C@@H](CO)[C@H](O)[C@H](O)[C@H]1OC2=O. The molecule has 9 heteroatoms. The zero-order valence-corrected chi connectivity index (χ0v) is 12.0. The van der Waals surface area contributed by atoms with Gasteiger partial charge in [-0.15, -0.1) is 0 Å². The fraction of sp³-hybridized carbons (Fsp3) is 0.500. The summed E-state index contributed by atoms with van der Waals surface area (Å²) in [5, 5.41) is 49.3. The number of aliphatic hydroxyl groups excluding tert-OH is 3. The summed E-state index contributed by atoms with van der Waals surface area (Å²) in [4.78, 5) is 12.1. The maximum Gasteiger partial charge on any atom is 0.339 e. The molecule has 1 saturated heterocycles. The fourth-order valence-corrected chi connectivity index (χ4v) is 2.95. The lowest BCUT2D eigenvalue weighted by Gasteiger charge is -2.44. The van der Waals surface area contributed by atoms with Crippen LogP contribution >= 0.6 is 0 Å². The number of benzene rings is 1. The van der Waals surface area contributed by atoms with E-state index in [0.29, 0.717) is 0 Å². The van der Waals surface area contributed by atoms with E-state index in [2.05, 4.69) is 0 Å². The van der Waals surface area contributed by atoms with Crippen LogP contribution in [0.2, 0.25) is 0 Å². The molecule has 0 amide bonds. The van der Waals surface area contributed by atoms with Gasteiger partial charge in [-0.1, -0.05) is 0 Å². The highest BCUT2D eigenvalue weighted by atomic mass is 16.6. The van der Waals surface area contributed by atoms with Gasteiger partial charge in [-0.2, -0.15) is 0 Å². The molecule has 23 heavy (non-hydrogen) atoms. The number of phenolic OH excluding ortho intramolecular Hbond substituents is 2. The van der Waals surface area contributed by atoms with Crippen LogP contribution in [-0.2, 0) is 9.47 Å². The van der Waals surface area contributed by atoms with Gasteiger partial charge in [-0.25, -0.2) is 4.79 Å². The van der Waals surface area contributed by atoms with Gasteiger partial charge >= 0.3 is 5.97 Å². The second-order valence-corrected chi connectivity index (χ2v) is 5.37. The van der Waals surface area contributed by atoms with E-state index < -0.39 is 54.6 Å². The first-order chi connectivity index (χ1) is 10.9. The van der Waals surface area contributed by atoms with Gasteiger partial charge in [-0.3, -0.25) is 0 Å². The number of aliphatic hydroxyl groups is 3. The Morgan fingerprint density at radius 1 is 1.26 bits per heavy atom. The summed E-state index contributed by atoms with van der Waals surface area (Å²) < 4.78 is 15.4. The Balaban J connectivity index is 2.16. The summed E-state index contributed by atoms with van der Waals surface area (Å²) in [7, 11) is 1.22. The minimum Gasteiger partial charge on any atom is -0.504 e. The molecule has 1 fully saturated rings. The van der Waals surface area contributed by atoms with Gasteiger partial charge in [0, 0.05) is 5.56 Å². The topological polar surface area (TPSA) is 146 Å². The first-order valence-corrected chi connectivity index (χ1v) is 6.87. The number of hydrogen-bond donors (Lipinski definition) is 5. The van der Waals surface area contributed by atoms with Crippen molar-refractivity contribution in [1.82, 2.24) is 0 Å². The molecule has 0 radical (unpaired) electrons. The summed E-state index contributed by atoms with van der Waals surface area (Å²) >= 11 is 0. The monoisotopic (exact) mass is 328 g/mol. The van der Waals surface area contributed by atoms with Gasteiger partial charge in [0.15, 0.2) is 17.6 Å². The molecule has 5 atom stereocenters. The molecule has 2 aliphatic heterocycles. The second-order valence-electron chi connectivity index (χ2n) is 5.37. The fourth-order valence-electron chi connectivity index (χ4n) is 2.95. The highest BCUT2D eigenvalue weighted by molar-refractivity contribution is 5.95. The quantitative estimate of drug-likeness (QED) is 0.422. The maximum absolute atomic E-state index is 12.1. The van der Waals surface area contributed by atoms with Gasteiger partial charge in [0.1, 0.15) is 24.4 Å². The van der Waals surface area contributed by atoms with Gasteiger partial charge < -0.3 is 39.7 Å². The standard InChI is InChI=1S/C14H16O9/c1-21-11-5(16)2-4-7(9(11)18)12-13(23-14(4)20)10(19)8(17)6(3-15)22-12/h2,6,8,10,12-13,15-19H,3H2,1H3/t6-,8-,10-,12-,13+/m0/s1. The third kappa shape index (κ3) is 2.20. The molecule has 0 unspecified atom stereocenters. The van der Waals surface area contributed by atoms with Crippen molar-refractivity contribution in [2.45, 2.75) is 30.5 Å². The molecule has 0 aliphatic carbocycles. The summed E-state index contributed by atoms with van der Waals surface area (Å²) in [6.45, 7) is -0.583. The third-order valence-corrected chi connectivity index (χ3v) is 4.09. The number of carbonyl (C=O) groups is 1. The zero-order valence-electron chi connectivity index (χ0n) is 12.0. The Morgan fingerprint density at radius 3 is 2.57 bits per heavy atom. The van der Waals surface area contributed by atoms with Crippen LogP contribution in [0.4, 0.5) is 0 Å². The number of carbonyl (C=O) groups excluding carboxylic acids is 1. The van der Waals surface area contributed by atoms with Crippen LogP contribution in [0.1, 0.15) is 22.0 Å². The lowest BCUT2D eigenvalue weighted by atomic mass is 9.86. The number of aromatic hydroxyl groups is 2. The van der Waals surface area contributed by atoms with Crippen LogP contribution < -0.4 is 4.74 Å². The van der Waals surface area contributed by atoms with Crippen LogP contribution in [0.3, 0.4) is 0 Å². The number of ether oxygens (including phenoxy) is 3.